The molecule has 0 aliphatic rings. The molecular weight excluding hydrogens is 240 g/mol. The first kappa shape index (κ1) is 15.7. The van der Waals surface area contributed by atoms with E-state index in [1.54, 1.807) is 0 Å². The second-order valence-electron chi connectivity index (χ2n) is 4.87. The van der Waals surface area contributed by atoms with Crippen molar-refractivity contribution in [2.75, 3.05) is 20.1 Å². The van der Waals surface area contributed by atoms with Gasteiger partial charge in [0, 0.05) is 13.1 Å². The molecule has 0 saturated heterocycles. The van der Waals surface area contributed by atoms with Crippen molar-refractivity contribution in [3.05, 3.63) is 35.9 Å². The van der Waals surface area contributed by atoms with Gasteiger partial charge in [0.2, 0.25) is 0 Å². The zero-order chi connectivity index (χ0) is 14.1. The minimum Gasteiger partial charge on any atom is -0.460 e. The normalized spacial score (nSPS) is 12.4. The van der Waals surface area contributed by atoms with E-state index in [1.807, 2.05) is 51.2 Å². The molecule has 4 heteroatoms. The highest BCUT2D eigenvalue weighted by molar-refractivity contribution is 5.76. The molecule has 0 aromatic heterocycles. The van der Waals surface area contributed by atoms with E-state index >= 15 is 0 Å². The second kappa shape index (κ2) is 8.67. The van der Waals surface area contributed by atoms with Crippen molar-refractivity contribution in [1.82, 2.24) is 10.6 Å². The van der Waals surface area contributed by atoms with E-state index < -0.39 is 0 Å². The Balaban J connectivity index is 2.43. The fourth-order valence-corrected chi connectivity index (χ4v) is 1.76. The molecule has 19 heavy (non-hydrogen) atoms. The number of hydrogen-bond acceptors (Lipinski definition) is 4. The Morgan fingerprint density at radius 1 is 1.21 bits per heavy atom. The number of esters is 1. The van der Waals surface area contributed by atoms with Crippen LogP contribution >= 0.6 is 0 Å². The highest BCUT2D eigenvalue weighted by atomic mass is 16.5. The second-order valence-corrected chi connectivity index (χ2v) is 4.87. The Labute approximate surface area is 115 Å². The van der Waals surface area contributed by atoms with E-state index in [1.165, 1.54) is 0 Å². The Kier molecular flexibility index (Phi) is 7.15. The third-order valence-corrected chi connectivity index (χ3v) is 2.88. The lowest BCUT2D eigenvalue weighted by molar-refractivity contribution is -0.148. The third-order valence-electron chi connectivity index (χ3n) is 2.88. The van der Waals surface area contributed by atoms with E-state index in [0.29, 0.717) is 6.61 Å². The topological polar surface area (TPSA) is 50.4 Å². The van der Waals surface area contributed by atoms with Crippen molar-refractivity contribution < 1.29 is 9.53 Å². The summed E-state index contributed by atoms with van der Waals surface area (Å²) in [7, 11) is 1.89. The summed E-state index contributed by atoms with van der Waals surface area (Å²) in [5.74, 6) is 0.0232. The van der Waals surface area contributed by atoms with Crippen LogP contribution in [0.4, 0.5) is 0 Å². The highest BCUT2D eigenvalue weighted by Gasteiger charge is 2.22. The van der Waals surface area contributed by atoms with E-state index in [9.17, 15) is 4.79 Å². The molecular formula is C15H24N2O2. The molecule has 4 nitrogen and oxygen atoms in total. The first-order valence-corrected chi connectivity index (χ1v) is 6.73. The lowest BCUT2D eigenvalue weighted by atomic mass is 10.0. The smallest absolute Gasteiger partial charge is 0.323 e. The first-order valence-electron chi connectivity index (χ1n) is 6.73. The Bertz CT molecular complexity index is 366. The zero-order valence-electron chi connectivity index (χ0n) is 12.0. The number of nitrogens with one attached hydrogen (secondary N) is 2. The van der Waals surface area contributed by atoms with Gasteiger partial charge in [0.1, 0.15) is 12.6 Å². The van der Waals surface area contributed by atoms with Crippen LogP contribution in [0, 0.1) is 5.92 Å². The van der Waals surface area contributed by atoms with Crippen LogP contribution in [0.15, 0.2) is 30.3 Å². The van der Waals surface area contributed by atoms with Gasteiger partial charge in [0.25, 0.3) is 0 Å². The van der Waals surface area contributed by atoms with Crippen LogP contribution in [0.1, 0.15) is 19.4 Å². The minimum atomic E-state index is -0.253. The van der Waals surface area contributed by atoms with Crippen molar-refractivity contribution in [2.24, 2.45) is 5.92 Å². The molecule has 0 aliphatic heterocycles. The van der Waals surface area contributed by atoms with Crippen LogP contribution in [0.2, 0.25) is 0 Å². The van der Waals surface area contributed by atoms with Gasteiger partial charge >= 0.3 is 5.97 Å². The van der Waals surface area contributed by atoms with Gasteiger partial charge in [-0.1, -0.05) is 44.2 Å². The van der Waals surface area contributed by atoms with Gasteiger partial charge in [-0.2, -0.15) is 0 Å². The monoisotopic (exact) mass is 264 g/mol. The number of carbonyl (C=O) groups excluding carboxylic acids is 1. The summed E-state index contributed by atoms with van der Waals surface area (Å²) in [6, 6.07) is 9.47. The molecule has 0 spiro atoms. The molecule has 0 heterocycles. The van der Waals surface area contributed by atoms with E-state index in [4.69, 9.17) is 4.74 Å². The fraction of sp³-hybridized carbons (Fsp3) is 0.533. The lowest BCUT2D eigenvalue weighted by Gasteiger charge is -2.20. The van der Waals surface area contributed by atoms with Crippen LogP contribution in [0.3, 0.4) is 0 Å². The Hall–Kier alpha value is -1.39. The highest BCUT2D eigenvalue weighted by Crippen LogP contribution is 2.07. The van der Waals surface area contributed by atoms with Crippen LogP contribution in [-0.4, -0.2) is 32.1 Å². The van der Waals surface area contributed by atoms with Gasteiger partial charge in [-0.3, -0.25) is 4.79 Å². The van der Waals surface area contributed by atoms with Crippen LogP contribution < -0.4 is 10.6 Å². The van der Waals surface area contributed by atoms with Gasteiger partial charge in [-0.05, 0) is 18.5 Å². The van der Waals surface area contributed by atoms with Gasteiger partial charge < -0.3 is 15.4 Å². The largest absolute Gasteiger partial charge is 0.460 e. The van der Waals surface area contributed by atoms with Crippen molar-refractivity contribution in [3.63, 3.8) is 0 Å². The summed E-state index contributed by atoms with van der Waals surface area (Å²) in [5, 5.41) is 6.26. The van der Waals surface area contributed by atoms with Crippen molar-refractivity contribution in [1.29, 1.82) is 0 Å². The average Bonchev–Trinajstić information content (AvgIpc) is 2.42. The predicted molar refractivity (Wildman–Crippen MR) is 76.8 cm³/mol. The molecule has 0 aliphatic carbocycles. The first-order chi connectivity index (χ1) is 9.15. The maximum atomic E-state index is 12.0. The van der Waals surface area contributed by atoms with Gasteiger partial charge in [-0.15, -0.1) is 0 Å². The molecule has 0 unspecified atom stereocenters. The van der Waals surface area contributed by atoms with E-state index in [2.05, 4.69) is 10.6 Å². The molecule has 0 radical (unpaired) electrons. The maximum absolute atomic E-state index is 12.0. The summed E-state index contributed by atoms with van der Waals surface area (Å²) in [5.41, 5.74) is 1.01. The molecule has 1 aromatic carbocycles. The standard InChI is InChI=1S/C15H24N2O2/c1-12(2)14(17-10-9-16-3)15(18)19-11-13-7-5-4-6-8-13/h4-8,12,14,16-17H,9-11H2,1-3H3/t14-/m0/s1. The zero-order valence-corrected chi connectivity index (χ0v) is 12.0. The molecule has 1 rings (SSSR count). The number of likely N-dealkylation sites (N-methyl/N-ethyl adjacent to an activating group) is 1. The molecule has 0 fully saturated rings. The van der Waals surface area contributed by atoms with Crippen molar-refractivity contribution in [2.45, 2.75) is 26.5 Å². The SMILES string of the molecule is CNCCN[C@H](C(=O)OCc1ccccc1)C(C)C. The number of hydrogen-bond donors (Lipinski definition) is 2. The van der Waals surface area contributed by atoms with Gasteiger partial charge in [0.15, 0.2) is 0 Å². The fourth-order valence-electron chi connectivity index (χ4n) is 1.76. The average molecular weight is 264 g/mol. The van der Waals surface area contributed by atoms with E-state index in [0.717, 1.165) is 18.7 Å². The number of ether oxygens (including phenoxy) is 1. The Morgan fingerprint density at radius 3 is 2.47 bits per heavy atom. The molecule has 1 aromatic rings. The molecule has 1 atom stereocenters. The van der Waals surface area contributed by atoms with Gasteiger partial charge in [-0.25, -0.2) is 0 Å². The minimum absolute atomic E-state index is 0.185. The van der Waals surface area contributed by atoms with Crippen LogP contribution in [0.5, 0.6) is 0 Å². The molecule has 2 N–H and O–H groups in total. The summed E-state index contributed by atoms with van der Waals surface area (Å²) < 4.78 is 5.36. The summed E-state index contributed by atoms with van der Waals surface area (Å²) >= 11 is 0. The molecule has 0 amide bonds. The molecule has 0 saturated carbocycles. The lowest BCUT2D eigenvalue weighted by Crippen LogP contribution is -2.44. The summed E-state index contributed by atoms with van der Waals surface area (Å²) in [4.78, 5) is 12.0. The number of carbonyl (C=O) groups is 1. The molecule has 106 valence electrons. The van der Waals surface area contributed by atoms with Crippen LogP contribution in [-0.2, 0) is 16.1 Å². The van der Waals surface area contributed by atoms with Crippen molar-refractivity contribution >= 4 is 5.97 Å². The van der Waals surface area contributed by atoms with Crippen molar-refractivity contribution in [3.8, 4) is 0 Å². The summed E-state index contributed by atoms with van der Waals surface area (Å²) in [6.45, 7) is 5.94. The predicted octanol–water partition coefficient (Wildman–Crippen LogP) is 1.56. The van der Waals surface area contributed by atoms with Gasteiger partial charge in [0.05, 0.1) is 0 Å². The van der Waals surface area contributed by atoms with E-state index in [-0.39, 0.29) is 17.9 Å². The van der Waals surface area contributed by atoms with Crippen LogP contribution in [0.25, 0.3) is 0 Å². The number of rotatable bonds is 8. The number of benzene rings is 1. The maximum Gasteiger partial charge on any atom is 0.323 e. The third kappa shape index (κ3) is 5.85. The molecule has 0 bridgehead atoms. The Morgan fingerprint density at radius 2 is 1.89 bits per heavy atom. The summed E-state index contributed by atoms with van der Waals surface area (Å²) in [6.07, 6.45) is 0. The quantitative estimate of drug-likeness (QED) is 0.553.